The van der Waals surface area contributed by atoms with E-state index < -0.39 is 0 Å². The van der Waals surface area contributed by atoms with Gasteiger partial charge < -0.3 is 9.88 Å². The Morgan fingerprint density at radius 3 is 3.00 bits per heavy atom. The number of carbonyl (C=O) groups excluding carboxylic acids is 1. The number of aromatic nitrogens is 2. The summed E-state index contributed by atoms with van der Waals surface area (Å²) in [7, 11) is 0. The van der Waals surface area contributed by atoms with Crippen molar-refractivity contribution in [2.45, 2.75) is 39.8 Å². The molecule has 1 aromatic carbocycles. The molecule has 0 atom stereocenters. The van der Waals surface area contributed by atoms with Gasteiger partial charge in [0.1, 0.15) is 5.01 Å². The molecule has 124 valence electrons. The zero-order valence-electron chi connectivity index (χ0n) is 14.0. The molecule has 24 heavy (non-hydrogen) atoms. The minimum atomic E-state index is 0.184. The average Bonchev–Trinajstić information content (AvgIpc) is 3.21. The van der Waals surface area contributed by atoms with Gasteiger partial charge in [0.05, 0.1) is 12.2 Å². The van der Waals surface area contributed by atoms with E-state index in [1.807, 2.05) is 6.20 Å². The number of aryl methyl sites for hydroxylation is 2. The molecule has 0 bridgehead atoms. The van der Waals surface area contributed by atoms with E-state index in [9.17, 15) is 4.79 Å². The lowest BCUT2D eigenvalue weighted by atomic mass is 10.1. The molecular formula is C19H21N3OS. The second kappa shape index (κ2) is 6.06. The fraction of sp³-hybridized carbons (Fsp3) is 0.368. The summed E-state index contributed by atoms with van der Waals surface area (Å²) in [6.45, 7) is 5.80. The third-order valence-corrected chi connectivity index (χ3v) is 5.66. The molecule has 1 saturated carbocycles. The van der Waals surface area contributed by atoms with Crippen molar-refractivity contribution < 1.29 is 4.79 Å². The summed E-state index contributed by atoms with van der Waals surface area (Å²) in [6.07, 6.45) is 3.96. The summed E-state index contributed by atoms with van der Waals surface area (Å²) in [6, 6.07) is 8.65. The second-order valence-electron chi connectivity index (χ2n) is 6.41. The van der Waals surface area contributed by atoms with Crippen LogP contribution in [0.2, 0.25) is 0 Å². The van der Waals surface area contributed by atoms with Gasteiger partial charge in [0.2, 0.25) is 5.91 Å². The van der Waals surface area contributed by atoms with Crippen molar-refractivity contribution in [3.63, 3.8) is 0 Å². The van der Waals surface area contributed by atoms with Gasteiger partial charge >= 0.3 is 0 Å². The number of thiazole rings is 1. The number of amides is 1. The molecule has 0 spiro atoms. The van der Waals surface area contributed by atoms with Crippen LogP contribution in [0, 0.1) is 12.8 Å². The zero-order chi connectivity index (χ0) is 16.7. The van der Waals surface area contributed by atoms with Crippen LogP contribution in [0.25, 0.3) is 21.6 Å². The molecule has 1 aliphatic rings. The van der Waals surface area contributed by atoms with E-state index in [-0.39, 0.29) is 11.8 Å². The first-order chi connectivity index (χ1) is 11.7. The molecule has 3 aromatic rings. The third kappa shape index (κ3) is 2.73. The number of fused-ring (bicyclic) bond motifs is 1. The minimum Gasteiger partial charge on any atom is -0.351 e. The van der Waals surface area contributed by atoms with Gasteiger partial charge in [-0.2, -0.15) is 0 Å². The van der Waals surface area contributed by atoms with Gasteiger partial charge in [0.15, 0.2) is 0 Å². The Morgan fingerprint density at radius 1 is 1.42 bits per heavy atom. The number of rotatable bonds is 5. The highest BCUT2D eigenvalue weighted by Gasteiger charge is 2.29. The Bertz CT molecular complexity index is 905. The molecule has 2 heterocycles. The smallest absolute Gasteiger partial charge is 0.223 e. The Hall–Kier alpha value is -2.14. The van der Waals surface area contributed by atoms with Gasteiger partial charge in [0.25, 0.3) is 0 Å². The monoisotopic (exact) mass is 339 g/mol. The first-order valence-corrected chi connectivity index (χ1v) is 9.30. The summed E-state index contributed by atoms with van der Waals surface area (Å²) >= 11 is 1.66. The van der Waals surface area contributed by atoms with Crippen LogP contribution in [0.5, 0.6) is 0 Å². The predicted molar refractivity (Wildman–Crippen MR) is 98.0 cm³/mol. The maximum absolute atomic E-state index is 11.8. The molecule has 0 unspecified atom stereocenters. The maximum Gasteiger partial charge on any atom is 0.223 e. The zero-order valence-corrected chi connectivity index (χ0v) is 14.8. The number of benzene rings is 1. The quantitative estimate of drug-likeness (QED) is 0.760. The summed E-state index contributed by atoms with van der Waals surface area (Å²) in [5.74, 6) is 0.436. The molecule has 1 amide bonds. The Kier molecular flexibility index (Phi) is 3.88. The fourth-order valence-corrected chi connectivity index (χ4v) is 4.00. The van der Waals surface area contributed by atoms with Gasteiger partial charge in [-0.05, 0) is 44.4 Å². The number of hydrogen-bond donors (Lipinski definition) is 1. The maximum atomic E-state index is 11.8. The summed E-state index contributed by atoms with van der Waals surface area (Å²) < 4.78 is 2.31. The van der Waals surface area contributed by atoms with Gasteiger partial charge in [-0.25, -0.2) is 4.98 Å². The molecule has 1 aliphatic carbocycles. The number of nitrogens with one attached hydrogen (secondary N) is 1. The highest BCUT2D eigenvalue weighted by atomic mass is 32.1. The van der Waals surface area contributed by atoms with Crippen molar-refractivity contribution in [3.8, 4) is 10.7 Å². The lowest BCUT2D eigenvalue weighted by molar-refractivity contribution is -0.122. The highest BCUT2D eigenvalue weighted by molar-refractivity contribution is 7.15. The number of nitrogens with zero attached hydrogens (tertiary/aromatic N) is 2. The average molecular weight is 339 g/mol. The van der Waals surface area contributed by atoms with Gasteiger partial charge in [-0.15, -0.1) is 11.3 Å². The first kappa shape index (κ1) is 15.4. The van der Waals surface area contributed by atoms with Gasteiger partial charge in [-0.3, -0.25) is 4.79 Å². The number of hydrogen-bond acceptors (Lipinski definition) is 3. The van der Waals surface area contributed by atoms with E-state index in [2.05, 4.69) is 53.0 Å². The summed E-state index contributed by atoms with van der Waals surface area (Å²) in [5, 5.41) is 5.32. The molecule has 0 saturated heterocycles. The largest absolute Gasteiger partial charge is 0.351 e. The number of carbonyl (C=O) groups is 1. The Balaban J connectivity index is 1.62. The fourth-order valence-electron chi connectivity index (χ4n) is 3.12. The van der Waals surface area contributed by atoms with E-state index in [1.165, 1.54) is 16.5 Å². The van der Waals surface area contributed by atoms with Crippen LogP contribution in [0.1, 0.15) is 30.2 Å². The van der Waals surface area contributed by atoms with Crippen LogP contribution in [0.4, 0.5) is 0 Å². The van der Waals surface area contributed by atoms with E-state index in [0.717, 1.165) is 35.0 Å². The van der Waals surface area contributed by atoms with E-state index in [1.54, 1.807) is 11.3 Å². The first-order valence-electron chi connectivity index (χ1n) is 8.49. The van der Waals surface area contributed by atoms with Crippen LogP contribution in [-0.2, 0) is 17.9 Å². The molecule has 0 radical (unpaired) electrons. The van der Waals surface area contributed by atoms with Crippen molar-refractivity contribution in [2.75, 3.05) is 0 Å². The van der Waals surface area contributed by atoms with Crippen molar-refractivity contribution >= 4 is 28.1 Å². The van der Waals surface area contributed by atoms with Crippen molar-refractivity contribution in [2.24, 2.45) is 5.92 Å². The van der Waals surface area contributed by atoms with Crippen LogP contribution in [0.3, 0.4) is 0 Å². The SMILES string of the molecule is CCn1c(-c2ncc(CNC(=O)C3CC3)s2)cc2c(C)cccc21. The molecular weight excluding hydrogens is 318 g/mol. The lowest BCUT2D eigenvalue weighted by Gasteiger charge is -2.05. The van der Waals surface area contributed by atoms with E-state index >= 15 is 0 Å². The Morgan fingerprint density at radius 2 is 2.25 bits per heavy atom. The van der Waals surface area contributed by atoms with Crippen molar-refractivity contribution in [1.82, 2.24) is 14.9 Å². The van der Waals surface area contributed by atoms with Crippen molar-refractivity contribution in [1.29, 1.82) is 0 Å². The van der Waals surface area contributed by atoms with Crippen LogP contribution >= 0.6 is 11.3 Å². The predicted octanol–water partition coefficient (Wildman–Crippen LogP) is 4.12. The minimum absolute atomic E-state index is 0.184. The lowest BCUT2D eigenvalue weighted by Crippen LogP contribution is -2.23. The van der Waals surface area contributed by atoms with E-state index in [4.69, 9.17) is 0 Å². The standard InChI is InChI=1S/C19H21N3OS/c1-3-22-16-6-4-5-12(2)15(16)9-17(22)19-21-11-14(24-19)10-20-18(23)13-7-8-13/h4-6,9,11,13H,3,7-8,10H2,1-2H3,(H,20,23). The topological polar surface area (TPSA) is 46.9 Å². The summed E-state index contributed by atoms with van der Waals surface area (Å²) in [5.41, 5.74) is 3.70. The van der Waals surface area contributed by atoms with Gasteiger partial charge in [-0.1, -0.05) is 12.1 Å². The molecule has 4 nitrogen and oxygen atoms in total. The highest BCUT2D eigenvalue weighted by Crippen LogP contribution is 2.33. The van der Waals surface area contributed by atoms with Crippen molar-refractivity contribution in [3.05, 3.63) is 40.9 Å². The van der Waals surface area contributed by atoms with E-state index in [0.29, 0.717) is 6.54 Å². The van der Waals surface area contributed by atoms with Crippen LogP contribution in [-0.4, -0.2) is 15.5 Å². The summed E-state index contributed by atoms with van der Waals surface area (Å²) in [4.78, 5) is 17.5. The molecule has 4 rings (SSSR count). The third-order valence-electron chi connectivity index (χ3n) is 4.64. The van der Waals surface area contributed by atoms with Crippen LogP contribution < -0.4 is 5.32 Å². The van der Waals surface area contributed by atoms with Crippen LogP contribution in [0.15, 0.2) is 30.5 Å². The second-order valence-corrected chi connectivity index (χ2v) is 7.52. The molecule has 2 aromatic heterocycles. The molecule has 1 fully saturated rings. The molecule has 5 heteroatoms. The van der Waals surface area contributed by atoms with Gasteiger partial charge in [0, 0.05) is 34.4 Å². The normalized spacial score (nSPS) is 14.2. The molecule has 1 N–H and O–H groups in total. The Labute approximate surface area is 145 Å². The molecule has 0 aliphatic heterocycles.